The molecule has 0 radical (unpaired) electrons. The Morgan fingerprint density at radius 1 is 1.41 bits per heavy atom. The molecule has 0 aromatic heterocycles. The summed E-state index contributed by atoms with van der Waals surface area (Å²) in [5, 5.41) is 3.04. The smallest absolute Gasteiger partial charge is 0.152 e. The van der Waals surface area contributed by atoms with Crippen LogP contribution in [0, 0.1) is 5.41 Å². The molecule has 1 atom stereocenters. The van der Waals surface area contributed by atoms with Crippen LogP contribution in [0.15, 0.2) is 0 Å². The van der Waals surface area contributed by atoms with Gasteiger partial charge >= 0.3 is 0 Å². The third kappa shape index (κ3) is 4.23. The summed E-state index contributed by atoms with van der Waals surface area (Å²) in [6.07, 6.45) is 1.67. The standard InChI is InChI=1S/C12H25NO3S/c1-4-13-9-12(5-7-16-10-12)6-8-17(14,15)11(2)3/h11,13H,4-10H2,1-3H3. The fourth-order valence-electron chi connectivity index (χ4n) is 2.06. The van der Waals surface area contributed by atoms with Gasteiger partial charge < -0.3 is 10.1 Å². The molecule has 1 heterocycles. The van der Waals surface area contributed by atoms with Crippen LogP contribution in [0.1, 0.15) is 33.6 Å². The van der Waals surface area contributed by atoms with E-state index in [4.69, 9.17) is 4.74 Å². The molecule has 4 nitrogen and oxygen atoms in total. The van der Waals surface area contributed by atoms with Gasteiger partial charge in [0.15, 0.2) is 9.84 Å². The largest absolute Gasteiger partial charge is 0.381 e. The van der Waals surface area contributed by atoms with E-state index in [9.17, 15) is 8.42 Å². The van der Waals surface area contributed by atoms with Gasteiger partial charge in [-0.15, -0.1) is 0 Å². The molecule has 0 spiro atoms. The second-order valence-corrected chi connectivity index (χ2v) is 7.93. The first kappa shape index (κ1) is 14.9. The molecule has 0 amide bonds. The van der Waals surface area contributed by atoms with Gasteiger partial charge in [-0.05, 0) is 33.2 Å². The summed E-state index contributed by atoms with van der Waals surface area (Å²) >= 11 is 0. The number of hydrogen-bond acceptors (Lipinski definition) is 4. The van der Waals surface area contributed by atoms with Crippen LogP contribution in [-0.4, -0.2) is 45.7 Å². The van der Waals surface area contributed by atoms with Crippen molar-refractivity contribution in [3.05, 3.63) is 0 Å². The van der Waals surface area contributed by atoms with E-state index in [0.29, 0.717) is 13.0 Å². The minimum Gasteiger partial charge on any atom is -0.381 e. The monoisotopic (exact) mass is 263 g/mol. The van der Waals surface area contributed by atoms with Crippen LogP contribution >= 0.6 is 0 Å². The number of rotatable bonds is 7. The van der Waals surface area contributed by atoms with Gasteiger partial charge in [0.2, 0.25) is 0 Å². The summed E-state index contributed by atoms with van der Waals surface area (Å²) < 4.78 is 29.1. The fraction of sp³-hybridized carbons (Fsp3) is 1.00. The van der Waals surface area contributed by atoms with Gasteiger partial charge in [0, 0.05) is 18.6 Å². The lowest BCUT2D eigenvalue weighted by molar-refractivity contribution is 0.148. The highest BCUT2D eigenvalue weighted by Gasteiger charge is 2.35. The van der Waals surface area contributed by atoms with E-state index in [1.165, 1.54) is 0 Å². The van der Waals surface area contributed by atoms with E-state index in [1.807, 2.05) is 0 Å². The molecule has 1 saturated heterocycles. The van der Waals surface area contributed by atoms with Crippen molar-refractivity contribution in [2.24, 2.45) is 5.41 Å². The second kappa shape index (κ2) is 6.16. The molecule has 1 aliphatic heterocycles. The van der Waals surface area contributed by atoms with Crippen molar-refractivity contribution < 1.29 is 13.2 Å². The molecular formula is C12H25NO3S. The van der Waals surface area contributed by atoms with Crippen LogP contribution in [0.5, 0.6) is 0 Å². The maximum atomic E-state index is 11.8. The van der Waals surface area contributed by atoms with E-state index in [-0.39, 0.29) is 16.4 Å². The average molecular weight is 263 g/mol. The van der Waals surface area contributed by atoms with Crippen LogP contribution in [0.25, 0.3) is 0 Å². The van der Waals surface area contributed by atoms with Crippen LogP contribution < -0.4 is 5.32 Å². The maximum Gasteiger partial charge on any atom is 0.152 e. The highest BCUT2D eigenvalue weighted by molar-refractivity contribution is 7.91. The van der Waals surface area contributed by atoms with E-state index in [1.54, 1.807) is 13.8 Å². The van der Waals surface area contributed by atoms with Gasteiger partial charge in [-0.2, -0.15) is 0 Å². The molecule has 17 heavy (non-hydrogen) atoms. The molecule has 1 fully saturated rings. The molecule has 0 bridgehead atoms. The van der Waals surface area contributed by atoms with Crippen molar-refractivity contribution in [3.8, 4) is 0 Å². The Balaban J connectivity index is 2.56. The second-order valence-electron chi connectivity index (χ2n) is 5.25. The molecule has 0 saturated carbocycles. The zero-order valence-electron chi connectivity index (χ0n) is 11.2. The van der Waals surface area contributed by atoms with Crippen molar-refractivity contribution in [1.82, 2.24) is 5.32 Å². The summed E-state index contributed by atoms with van der Waals surface area (Å²) in [6, 6.07) is 0. The minimum absolute atomic E-state index is 0.0258. The molecule has 1 unspecified atom stereocenters. The predicted molar refractivity (Wildman–Crippen MR) is 70.0 cm³/mol. The molecule has 1 N–H and O–H groups in total. The first-order valence-electron chi connectivity index (χ1n) is 6.42. The summed E-state index contributed by atoms with van der Waals surface area (Å²) in [5.74, 6) is 0.277. The topological polar surface area (TPSA) is 55.4 Å². The molecule has 1 aliphatic rings. The predicted octanol–water partition coefficient (Wildman–Crippen LogP) is 1.22. The molecule has 102 valence electrons. The maximum absolute atomic E-state index is 11.8. The zero-order valence-corrected chi connectivity index (χ0v) is 12.0. The summed E-state index contributed by atoms with van der Waals surface area (Å²) in [6.45, 7) is 8.78. The minimum atomic E-state index is -2.93. The highest BCUT2D eigenvalue weighted by Crippen LogP contribution is 2.32. The van der Waals surface area contributed by atoms with Crippen molar-refractivity contribution in [2.75, 3.05) is 32.1 Å². The lowest BCUT2D eigenvalue weighted by atomic mass is 9.84. The fourth-order valence-corrected chi connectivity index (χ4v) is 3.25. The number of nitrogens with one attached hydrogen (secondary N) is 1. The zero-order chi connectivity index (χ0) is 12.9. The number of hydrogen-bond donors (Lipinski definition) is 1. The first-order chi connectivity index (χ1) is 7.92. The Kier molecular flexibility index (Phi) is 5.41. The summed E-state index contributed by atoms with van der Waals surface area (Å²) in [4.78, 5) is 0. The van der Waals surface area contributed by atoms with Crippen molar-refractivity contribution >= 4 is 9.84 Å². The average Bonchev–Trinajstić information content (AvgIpc) is 2.73. The number of ether oxygens (including phenoxy) is 1. The van der Waals surface area contributed by atoms with E-state index >= 15 is 0 Å². The molecule has 0 aromatic carbocycles. The quantitative estimate of drug-likeness (QED) is 0.750. The van der Waals surface area contributed by atoms with Gasteiger partial charge in [-0.3, -0.25) is 0 Å². The van der Waals surface area contributed by atoms with Crippen molar-refractivity contribution in [2.45, 2.75) is 38.9 Å². The Bertz CT molecular complexity index is 319. The van der Waals surface area contributed by atoms with Gasteiger partial charge in [-0.1, -0.05) is 6.92 Å². The molecular weight excluding hydrogens is 238 g/mol. The van der Waals surface area contributed by atoms with Gasteiger partial charge in [0.05, 0.1) is 17.6 Å². The number of sulfone groups is 1. The Morgan fingerprint density at radius 2 is 2.12 bits per heavy atom. The molecule has 5 heteroatoms. The first-order valence-corrected chi connectivity index (χ1v) is 8.13. The molecule has 0 aromatic rings. The SMILES string of the molecule is CCNCC1(CCS(=O)(=O)C(C)C)CCOC1. The molecule has 0 aliphatic carbocycles. The van der Waals surface area contributed by atoms with Crippen LogP contribution in [0.3, 0.4) is 0 Å². The van der Waals surface area contributed by atoms with Crippen molar-refractivity contribution in [3.63, 3.8) is 0 Å². The van der Waals surface area contributed by atoms with Crippen molar-refractivity contribution in [1.29, 1.82) is 0 Å². The van der Waals surface area contributed by atoms with Gasteiger partial charge in [0.25, 0.3) is 0 Å². The lowest BCUT2D eigenvalue weighted by Gasteiger charge is -2.27. The lowest BCUT2D eigenvalue weighted by Crippen LogP contribution is -2.37. The van der Waals surface area contributed by atoms with Crippen LogP contribution in [0.4, 0.5) is 0 Å². The Labute approximate surface area is 105 Å². The third-order valence-corrected chi connectivity index (χ3v) is 5.78. The summed E-state index contributed by atoms with van der Waals surface area (Å²) in [7, 11) is -2.93. The third-order valence-electron chi connectivity index (χ3n) is 3.57. The van der Waals surface area contributed by atoms with E-state index in [2.05, 4.69) is 12.2 Å². The van der Waals surface area contributed by atoms with E-state index in [0.717, 1.165) is 26.1 Å². The van der Waals surface area contributed by atoms with Crippen LogP contribution in [-0.2, 0) is 14.6 Å². The van der Waals surface area contributed by atoms with E-state index < -0.39 is 9.84 Å². The highest BCUT2D eigenvalue weighted by atomic mass is 32.2. The van der Waals surface area contributed by atoms with Crippen LogP contribution in [0.2, 0.25) is 0 Å². The molecule has 1 rings (SSSR count). The summed E-state index contributed by atoms with van der Waals surface area (Å²) in [5.41, 5.74) is 0.0258. The van der Waals surface area contributed by atoms with Gasteiger partial charge in [-0.25, -0.2) is 8.42 Å². The Morgan fingerprint density at radius 3 is 2.59 bits per heavy atom. The van der Waals surface area contributed by atoms with Gasteiger partial charge in [0.1, 0.15) is 0 Å². The normalized spacial score (nSPS) is 25.6. The Hall–Kier alpha value is -0.130.